The van der Waals surface area contributed by atoms with E-state index in [-0.39, 0.29) is 16.8 Å². The van der Waals surface area contributed by atoms with Gasteiger partial charge in [0.2, 0.25) is 0 Å². The summed E-state index contributed by atoms with van der Waals surface area (Å²) < 4.78 is 14.0. The number of rotatable bonds is 3. The maximum absolute atomic E-state index is 14.0. The molecular weight excluding hydrogens is 271 g/mol. The van der Waals surface area contributed by atoms with Crippen LogP contribution in [0.1, 0.15) is 16.7 Å². The largest absolute Gasteiger partial charge is 0.389 e. The standard InChI is InChI=1S/C16H15FN2S/c17-14-9-12(16(18)20)5-6-15(14)19-13-7-10-3-1-2-4-11(10)8-13/h1-6,9,13,19H,7-8H2,(H2,18,20). The van der Waals surface area contributed by atoms with Gasteiger partial charge in [0.05, 0.1) is 5.69 Å². The number of fused-ring (bicyclic) bond motifs is 1. The van der Waals surface area contributed by atoms with Crippen molar-refractivity contribution in [3.8, 4) is 0 Å². The molecule has 0 heterocycles. The highest BCUT2D eigenvalue weighted by Gasteiger charge is 2.21. The Hall–Kier alpha value is -1.94. The number of halogens is 1. The molecule has 0 bridgehead atoms. The van der Waals surface area contributed by atoms with Crippen LogP contribution < -0.4 is 11.1 Å². The molecule has 4 heteroatoms. The molecule has 0 atom stereocenters. The Labute approximate surface area is 122 Å². The van der Waals surface area contributed by atoms with Crippen LogP contribution >= 0.6 is 12.2 Å². The van der Waals surface area contributed by atoms with Crippen molar-refractivity contribution in [2.45, 2.75) is 18.9 Å². The highest BCUT2D eigenvalue weighted by Crippen LogP contribution is 2.25. The minimum Gasteiger partial charge on any atom is -0.389 e. The normalized spacial score (nSPS) is 14.1. The Bertz CT molecular complexity index is 644. The van der Waals surface area contributed by atoms with Crippen LogP contribution in [0.5, 0.6) is 0 Å². The average Bonchev–Trinajstić information content (AvgIpc) is 2.83. The van der Waals surface area contributed by atoms with Gasteiger partial charge >= 0.3 is 0 Å². The molecule has 3 rings (SSSR count). The summed E-state index contributed by atoms with van der Waals surface area (Å²) in [6.45, 7) is 0. The molecular formula is C16H15FN2S. The van der Waals surface area contributed by atoms with E-state index in [4.69, 9.17) is 18.0 Å². The molecule has 102 valence electrons. The number of hydrogen-bond acceptors (Lipinski definition) is 2. The Kier molecular flexibility index (Phi) is 3.40. The molecule has 2 aromatic rings. The van der Waals surface area contributed by atoms with E-state index in [2.05, 4.69) is 17.4 Å². The molecule has 3 N–H and O–H groups in total. The van der Waals surface area contributed by atoms with Crippen molar-refractivity contribution in [1.82, 2.24) is 0 Å². The van der Waals surface area contributed by atoms with E-state index in [1.54, 1.807) is 12.1 Å². The van der Waals surface area contributed by atoms with Crippen molar-refractivity contribution in [3.05, 3.63) is 65.0 Å². The SMILES string of the molecule is NC(=S)c1ccc(NC2Cc3ccccc3C2)c(F)c1. The van der Waals surface area contributed by atoms with Crippen molar-refractivity contribution < 1.29 is 4.39 Å². The number of nitrogens with one attached hydrogen (secondary N) is 1. The predicted molar refractivity (Wildman–Crippen MR) is 83.5 cm³/mol. The van der Waals surface area contributed by atoms with E-state index in [9.17, 15) is 4.39 Å². The number of benzene rings is 2. The lowest BCUT2D eigenvalue weighted by molar-refractivity contribution is 0.624. The number of anilines is 1. The fraction of sp³-hybridized carbons (Fsp3) is 0.188. The molecule has 2 nitrogen and oxygen atoms in total. The molecule has 0 aliphatic heterocycles. The molecule has 0 saturated carbocycles. The van der Waals surface area contributed by atoms with Gasteiger partial charge in [-0.25, -0.2) is 4.39 Å². The van der Waals surface area contributed by atoms with Gasteiger partial charge in [-0.3, -0.25) is 0 Å². The Morgan fingerprint density at radius 1 is 1.15 bits per heavy atom. The molecule has 1 aliphatic carbocycles. The molecule has 0 spiro atoms. The summed E-state index contributed by atoms with van der Waals surface area (Å²) in [5.74, 6) is -0.314. The third-order valence-electron chi connectivity index (χ3n) is 3.66. The lowest BCUT2D eigenvalue weighted by Gasteiger charge is -2.14. The first kappa shape index (κ1) is 13.1. The van der Waals surface area contributed by atoms with Crippen LogP contribution in [-0.2, 0) is 12.8 Å². The Balaban J connectivity index is 1.75. The molecule has 0 radical (unpaired) electrons. The van der Waals surface area contributed by atoms with Gasteiger partial charge in [-0.15, -0.1) is 0 Å². The van der Waals surface area contributed by atoms with Gasteiger partial charge in [0, 0.05) is 11.6 Å². The van der Waals surface area contributed by atoms with Gasteiger partial charge < -0.3 is 11.1 Å². The number of hydrogen-bond donors (Lipinski definition) is 2. The van der Waals surface area contributed by atoms with Crippen molar-refractivity contribution in [2.75, 3.05) is 5.32 Å². The van der Waals surface area contributed by atoms with E-state index in [0.717, 1.165) is 12.8 Å². The van der Waals surface area contributed by atoms with Crippen molar-refractivity contribution >= 4 is 22.9 Å². The van der Waals surface area contributed by atoms with Crippen molar-refractivity contribution in [1.29, 1.82) is 0 Å². The van der Waals surface area contributed by atoms with E-state index in [1.165, 1.54) is 17.2 Å². The summed E-state index contributed by atoms with van der Waals surface area (Å²) in [5, 5.41) is 3.26. The predicted octanol–water partition coefficient (Wildman–Crippen LogP) is 3.04. The summed E-state index contributed by atoms with van der Waals surface area (Å²) in [6, 6.07) is 13.4. The maximum atomic E-state index is 14.0. The van der Waals surface area contributed by atoms with Crippen LogP contribution in [0.4, 0.5) is 10.1 Å². The van der Waals surface area contributed by atoms with Crippen LogP contribution in [0, 0.1) is 5.82 Å². The fourth-order valence-corrected chi connectivity index (χ4v) is 2.79. The molecule has 2 aromatic carbocycles. The van der Waals surface area contributed by atoms with Gasteiger partial charge in [0.1, 0.15) is 10.8 Å². The summed E-state index contributed by atoms with van der Waals surface area (Å²) in [5.41, 5.74) is 9.23. The molecule has 0 unspecified atom stereocenters. The molecule has 0 amide bonds. The van der Waals surface area contributed by atoms with Gasteiger partial charge in [-0.1, -0.05) is 36.5 Å². The third-order valence-corrected chi connectivity index (χ3v) is 3.90. The second kappa shape index (κ2) is 5.21. The molecule has 0 saturated heterocycles. The first-order valence-corrected chi connectivity index (χ1v) is 6.97. The van der Waals surface area contributed by atoms with Crippen molar-refractivity contribution in [2.24, 2.45) is 5.73 Å². The highest BCUT2D eigenvalue weighted by molar-refractivity contribution is 7.80. The summed E-state index contributed by atoms with van der Waals surface area (Å²) >= 11 is 4.85. The lowest BCUT2D eigenvalue weighted by atomic mass is 10.1. The number of nitrogens with two attached hydrogens (primary N) is 1. The van der Waals surface area contributed by atoms with Crippen LogP contribution in [-0.4, -0.2) is 11.0 Å². The van der Waals surface area contributed by atoms with Crippen LogP contribution in [0.2, 0.25) is 0 Å². The van der Waals surface area contributed by atoms with Crippen LogP contribution in [0.15, 0.2) is 42.5 Å². The van der Waals surface area contributed by atoms with Gasteiger partial charge in [0.25, 0.3) is 0 Å². The van der Waals surface area contributed by atoms with Gasteiger partial charge in [0.15, 0.2) is 0 Å². The van der Waals surface area contributed by atoms with E-state index < -0.39 is 0 Å². The first-order valence-electron chi connectivity index (χ1n) is 6.56. The van der Waals surface area contributed by atoms with Crippen LogP contribution in [0.25, 0.3) is 0 Å². The molecule has 1 aliphatic rings. The van der Waals surface area contributed by atoms with Crippen LogP contribution in [0.3, 0.4) is 0 Å². The zero-order valence-corrected chi connectivity index (χ0v) is 11.7. The Morgan fingerprint density at radius 3 is 2.35 bits per heavy atom. The lowest BCUT2D eigenvalue weighted by Crippen LogP contribution is -2.20. The number of thiocarbonyl (C=S) groups is 1. The van der Waals surface area contributed by atoms with Crippen molar-refractivity contribution in [3.63, 3.8) is 0 Å². The highest BCUT2D eigenvalue weighted by atomic mass is 32.1. The fourth-order valence-electron chi connectivity index (χ4n) is 2.67. The minimum atomic E-state index is -0.314. The average molecular weight is 286 g/mol. The van der Waals surface area contributed by atoms with Gasteiger partial charge in [-0.05, 0) is 42.2 Å². The second-order valence-electron chi connectivity index (χ2n) is 5.08. The second-order valence-corrected chi connectivity index (χ2v) is 5.52. The van der Waals surface area contributed by atoms with Gasteiger partial charge in [-0.2, -0.15) is 0 Å². The summed E-state index contributed by atoms with van der Waals surface area (Å²) in [7, 11) is 0. The first-order chi connectivity index (χ1) is 9.63. The topological polar surface area (TPSA) is 38.0 Å². The molecule has 0 aromatic heterocycles. The van der Waals surface area contributed by atoms with E-state index >= 15 is 0 Å². The summed E-state index contributed by atoms with van der Waals surface area (Å²) in [6.07, 6.45) is 1.85. The molecule has 20 heavy (non-hydrogen) atoms. The van der Waals surface area contributed by atoms with E-state index in [1.807, 2.05) is 12.1 Å². The Morgan fingerprint density at radius 2 is 1.80 bits per heavy atom. The summed E-state index contributed by atoms with van der Waals surface area (Å²) in [4.78, 5) is 0.212. The smallest absolute Gasteiger partial charge is 0.146 e. The zero-order chi connectivity index (χ0) is 14.1. The monoisotopic (exact) mass is 286 g/mol. The zero-order valence-electron chi connectivity index (χ0n) is 10.9. The maximum Gasteiger partial charge on any atom is 0.146 e. The quantitative estimate of drug-likeness (QED) is 0.852. The van der Waals surface area contributed by atoms with E-state index in [0.29, 0.717) is 11.3 Å². The third kappa shape index (κ3) is 2.51. The minimum absolute atomic E-state index is 0.212. The molecule has 0 fully saturated rings.